The van der Waals surface area contributed by atoms with Gasteiger partial charge in [-0.3, -0.25) is 29.0 Å². The molecule has 2 heterocycles. The van der Waals surface area contributed by atoms with E-state index in [0.717, 1.165) is 12.1 Å². The van der Waals surface area contributed by atoms with E-state index in [9.17, 15) is 63.1 Å². The van der Waals surface area contributed by atoms with Crippen LogP contribution in [0.1, 0.15) is 52.6 Å². The monoisotopic (exact) mass is 722 g/mol. The summed E-state index contributed by atoms with van der Waals surface area (Å²) in [5.41, 5.74) is -4.56. The Bertz CT molecular complexity index is 2020. The zero-order valence-electron chi connectivity index (χ0n) is 23.0. The molecule has 18 heteroatoms. The molecule has 0 bridgehead atoms. The summed E-state index contributed by atoms with van der Waals surface area (Å²) in [6.45, 7) is -1.87. The van der Waals surface area contributed by atoms with Gasteiger partial charge in [-0.1, -0.05) is 23.2 Å². The quantitative estimate of drug-likeness (QED) is 0.0913. The van der Waals surface area contributed by atoms with E-state index in [4.69, 9.17) is 23.2 Å². The summed E-state index contributed by atoms with van der Waals surface area (Å²) in [5.74, 6) is -27.5. The van der Waals surface area contributed by atoms with Crippen molar-refractivity contribution in [2.24, 2.45) is 0 Å². The minimum absolute atomic E-state index is 0.361. The first-order valence-electron chi connectivity index (χ1n) is 13.2. The largest absolute Gasteiger partial charge is 0.274 e. The Morgan fingerprint density at radius 1 is 0.438 bits per heavy atom. The van der Waals surface area contributed by atoms with Gasteiger partial charge in [0.15, 0.2) is 46.5 Å². The van der Waals surface area contributed by atoms with Crippen molar-refractivity contribution in [1.82, 2.24) is 9.80 Å². The maximum atomic E-state index is 14.3. The summed E-state index contributed by atoms with van der Waals surface area (Å²) < 4.78 is 139. The molecule has 0 saturated carbocycles. The standard InChI is InChI=1S/C30H10Cl2F10N2O4/c31-11-6-10-14-13-9(27(45)43(29(47)15(11)13)3-1-7-17(33)21(37)25(41)22(38)18(7)34)5-12(32)16(14)30(48)44(28(10)46)4-2-8-19(35)23(39)26(42)24(40)20(8)36/h5-6H,1-4H2. The second-order valence-electron chi connectivity index (χ2n) is 10.4. The lowest BCUT2D eigenvalue weighted by Gasteiger charge is -2.33. The van der Waals surface area contributed by atoms with Gasteiger partial charge in [-0.05, 0) is 25.0 Å². The third kappa shape index (κ3) is 4.56. The average molecular weight is 723 g/mol. The number of halogens is 12. The zero-order valence-corrected chi connectivity index (χ0v) is 24.6. The lowest BCUT2D eigenvalue weighted by atomic mass is 9.85. The molecule has 4 amide bonds. The number of rotatable bonds is 6. The zero-order chi connectivity index (χ0) is 35.3. The molecule has 248 valence electrons. The van der Waals surface area contributed by atoms with Gasteiger partial charge >= 0.3 is 0 Å². The van der Waals surface area contributed by atoms with Crippen LogP contribution in [-0.4, -0.2) is 46.5 Å². The summed E-state index contributed by atoms with van der Waals surface area (Å²) >= 11 is 12.7. The van der Waals surface area contributed by atoms with Crippen molar-refractivity contribution >= 4 is 57.6 Å². The van der Waals surface area contributed by atoms with Gasteiger partial charge < -0.3 is 0 Å². The molecule has 0 radical (unpaired) electrons. The van der Waals surface area contributed by atoms with Crippen LogP contribution in [0.3, 0.4) is 0 Å². The first-order valence-corrected chi connectivity index (χ1v) is 14.0. The molecule has 48 heavy (non-hydrogen) atoms. The fraction of sp³-hybridized carbons (Fsp3) is 0.133. The molecule has 2 aliphatic heterocycles. The molecule has 6 nitrogen and oxygen atoms in total. The van der Waals surface area contributed by atoms with E-state index in [2.05, 4.69) is 0 Å². The molecule has 0 atom stereocenters. The molecule has 6 rings (SSSR count). The molecule has 0 fully saturated rings. The van der Waals surface area contributed by atoms with Gasteiger partial charge in [0.2, 0.25) is 11.6 Å². The van der Waals surface area contributed by atoms with E-state index < -0.39 is 151 Å². The molecule has 2 aliphatic rings. The number of carbonyl (C=O) groups is 4. The summed E-state index contributed by atoms with van der Waals surface area (Å²) in [7, 11) is 0. The summed E-state index contributed by atoms with van der Waals surface area (Å²) in [6, 6.07) is 1.75. The third-order valence-corrected chi connectivity index (χ3v) is 8.55. The third-order valence-electron chi connectivity index (χ3n) is 7.95. The van der Waals surface area contributed by atoms with Crippen LogP contribution in [0.15, 0.2) is 12.1 Å². The molecular formula is C30H10Cl2F10N2O4. The summed E-state index contributed by atoms with van der Waals surface area (Å²) in [5, 5.41) is -1.76. The van der Waals surface area contributed by atoms with Crippen LogP contribution in [0, 0.1) is 58.2 Å². The Morgan fingerprint density at radius 3 is 1.00 bits per heavy atom. The van der Waals surface area contributed by atoms with Gasteiger partial charge in [-0.25, -0.2) is 43.9 Å². The van der Waals surface area contributed by atoms with Crippen LogP contribution < -0.4 is 0 Å². The van der Waals surface area contributed by atoms with E-state index in [1.807, 2.05) is 0 Å². The van der Waals surface area contributed by atoms with Gasteiger partial charge in [0, 0.05) is 35.0 Å². The molecule has 0 unspecified atom stereocenters. The van der Waals surface area contributed by atoms with Crippen LogP contribution in [0.4, 0.5) is 43.9 Å². The van der Waals surface area contributed by atoms with E-state index in [-0.39, 0.29) is 10.8 Å². The Balaban J connectivity index is 1.39. The van der Waals surface area contributed by atoms with Crippen molar-refractivity contribution in [2.75, 3.05) is 13.1 Å². The molecule has 4 aromatic rings. The van der Waals surface area contributed by atoms with Crippen LogP contribution in [-0.2, 0) is 12.8 Å². The molecule has 0 aromatic heterocycles. The van der Waals surface area contributed by atoms with Crippen molar-refractivity contribution in [3.8, 4) is 0 Å². The van der Waals surface area contributed by atoms with Crippen LogP contribution in [0.25, 0.3) is 10.8 Å². The maximum absolute atomic E-state index is 14.3. The van der Waals surface area contributed by atoms with Crippen molar-refractivity contribution in [2.45, 2.75) is 12.8 Å². The van der Waals surface area contributed by atoms with E-state index in [1.165, 1.54) is 0 Å². The van der Waals surface area contributed by atoms with Gasteiger partial charge in [0.25, 0.3) is 23.6 Å². The van der Waals surface area contributed by atoms with Crippen LogP contribution in [0.5, 0.6) is 0 Å². The Morgan fingerprint density at radius 2 is 0.708 bits per heavy atom. The predicted molar refractivity (Wildman–Crippen MR) is 145 cm³/mol. The Hall–Kier alpha value is -4.70. The highest BCUT2D eigenvalue weighted by atomic mass is 35.5. The van der Waals surface area contributed by atoms with Crippen molar-refractivity contribution in [1.29, 1.82) is 0 Å². The first-order chi connectivity index (χ1) is 22.5. The second-order valence-corrected chi connectivity index (χ2v) is 11.2. The Labute approximate surface area is 270 Å². The lowest BCUT2D eigenvalue weighted by Crippen LogP contribution is -2.44. The fourth-order valence-electron chi connectivity index (χ4n) is 5.66. The smallest absolute Gasteiger partial charge is 0.262 e. The number of carbonyl (C=O) groups excluding carboxylic acids is 4. The van der Waals surface area contributed by atoms with E-state index >= 15 is 0 Å². The van der Waals surface area contributed by atoms with E-state index in [1.54, 1.807) is 0 Å². The predicted octanol–water partition coefficient (Wildman–Crippen LogP) is 7.22. The second kappa shape index (κ2) is 11.5. The average Bonchev–Trinajstić information content (AvgIpc) is 3.05. The minimum Gasteiger partial charge on any atom is -0.274 e. The fourth-order valence-corrected chi connectivity index (χ4v) is 6.23. The van der Waals surface area contributed by atoms with Gasteiger partial charge in [0.05, 0.1) is 32.3 Å². The summed E-state index contributed by atoms with van der Waals surface area (Å²) in [6.07, 6.45) is -2.09. The number of imide groups is 2. The number of benzene rings is 4. The lowest BCUT2D eigenvalue weighted by molar-refractivity contribution is 0.0590. The highest BCUT2D eigenvalue weighted by Gasteiger charge is 2.43. The van der Waals surface area contributed by atoms with Crippen molar-refractivity contribution < 1.29 is 63.1 Å². The van der Waals surface area contributed by atoms with Gasteiger partial charge in [-0.2, -0.15) is 0 Å². The molecular weight excluding hydrogens is 713 g/mol. The summed E-state index contributed by atoms with van der Waals surface area (Å²) in [4.78, 5) is 54.7. The van der Waals surface area contributed by atoms with Gasteiger partial charge in [0.1, 0.15) is 0 Å². The molecule has 0 aliphatic carbocycles. The van der Waals surface area contributed by atoms with Crippen molar-refractivity contribution in [3.63, 3.8) is 0 Å². The number of nitrogens with zero attached hydrogens (tertiary/aromatic N) is 2. The maximum Gasteiger partial charge on any atom is 0.262 e. The van der Waals surface area contributed by atoms with Crippen molar-refractivity contribution in [3.05, 3.63) is 114 Å². The van der Waals surface area contributed by atoms with E-state index in [0.29, 0.717) is 9.80 Å². The minimum atomic E-state index is -2.42. The number of amides is 4. The Kier molecular flexibility index (Phi) is 7.94. The molecule has 0 saturated heterocycles. The molecule has 0 spiro atoms. The molecule has 4 aromatic carbocycles. The molecule has 0 N–H and O–H groups in total. The van der Waals surface area contributed by atoms with Crippen LogP contribution in [0.2, 0.25) is 10.0 Å². The van der Waals surface area contributed by atoms with Gasteiger partial charge in [-0.15, -0.1) is 0 Å². The normalized spacial score (nSPS) is 14.2. The highest BCUT2D eigenvalue weighted by molar-refractivity contribution is 6.44. The SMILES string of the molecule is O=C1c2cc(Cl)c3c4c(cc(Cl)c(c24)C(=O)N1CCc1c(F)c(F)c(F)c(F)c1F)C(=O)N(CCc1c(F)c(F)c(F)c(F)c1F)C3=O. The van der Waals surface area contributed by atoms with Crippen LogP contribution >= 0.6 is 23.2 Å². The topological polar surface area (TPSA) is 74.8 Å². The first kappa shape index (κ1) is 33.2. The number of hydrogen-bond acceptors (Lipinski definition) is 4. The highest BCUT2D eigenvalue weighted by Crippen LogP contribution is 2.44. The number of hydrogen-bond donors (Lipinski definition) is 0.